The molecule has 110 valence electrons. The molecule has 0 aromatic rings. The average Bonchev–Trinajstić information content (AvgIpc) is 2.91. The van der Waals surface area contributed by atoms with E-state index < -0.39 is 0 Å². The Hall–Kier alpha value is -0.120. The molecule has 0 radical (unpaired) electrons. The summed E-state index contributed by atoms with van der Waals surface area (Å²) in [6.45, 7) is 4.79. The van der Waals surface area contributed by atoms with E-state index in [1.165, 1.54) is 64.5 Å². The molecule has 3 unspecified atom stereocenters. The molecule has 19 heavy (non-hydrogen) atoms. The molecule has 0 aromatic carbocycles. The lowest BCUT2D eigenvalue weighted by Gasteiger charge is -2.52. The lowest BCUT2D eigenvalue weighted by molar-refractivity contribution is -0.0371. The Balaban J connectivity index is 1.74. The van der Waals surface area contributed by atoms with Gasteiger partial charge in [-0.3, -0.25) is 4.90 Å². The summed E-state index contributed by atoms with van der Waals surface area (Å²) in [5.74, 6) is 0. The van der Waals surface area contributed by atoms with E-state index in [2.05, 4.69) is 17.1 Å². The van der Waals surface area contributed by atoms with Crippen LogP contribution in [0, 0.1) is 0 Å². The lowest BCUT2D eigenvalue weighted by atomic mass is 9.84. The van der Waals surface area contributed by atoms with E-state index >= 15 is 0 Å². The Bertz CT molecular complexity index is 301. The highest BCUT2D eigenvalue weighted by atomic mass is 16.5. The summed E-state index contributed by atoms with van der Waals surface area (Å²) in [6.07, 6.45) is 11.4. The fourth-order valence-electron chi connectivity index (χ4n) is 4.67. The number of nitrogens with zero attached hydrogens (tertiary/aromatic N) is 1. The summed E-state index contributed by atoms with van der Waals surface area (Å²) >= 11 is 0. The first-order valence-electron chi connectivity index (χ1n) is 8.26. The van der Waals surface area contributed by atoms with Crippen LogP contribution in [0.15, 0.2) is 0 Å². The SMILES string of the molecule is COC1CCCC(N2CC(C)NCC23CCCC3)C1. The van der Waals surface area contributed by atoms with Gasteiger partial charge in [0.05, 0.1) is 6.10 Å². The van der Waals surface area contributed by atoms with Crippen LogP contribution in [-0.4, -0.2) is 48.8 Å². The molecule has 1 N–H and O–H groups in total. The molecule has 3 aliphatic rings. The van der Waals surface area contributed by atoms with Crippen molar-refractivity contribution in [3.05, 3.63) is 0 Å². The quantitative estimate of drug-likeness (QED) is 0.831. The molecule has 1 heterocycles. The Labute approximate surface area is 118 Å². The molecule has 2 saturated carbocycles. The van der Waals surface area contributed by atoms with Gasteiger partial charge < -0.3 is 10.1 Å². The molecule has 3 atom stereocenters. The summed E-state index contributed by atoms with van der Waals surface area (Å²) in [4.78, 5) is 2.90. The fourth-order valence-corrected chi connectivity index (χ4v) is 4.67. The first-order chi connectivity index (χ1) is 9.23. The first kappa shape index (κ1) is 13.8. The number of nitrogens with one attached hydrogen (secondary N) is 1. The van der Waals surface area contributed by atoms with E-state index in [9.17, 15) is 0 Å². The standard InChI is InChI=1S/C16H30N2O/c1-13-11-18(14-6-5-7-15(10-14)19-2)16(12-17-13)8-3-4-9-16/h13-15,17H,3-12H2,1-2H3. The third-order valence-corrected chi connectivity index (χ3v) is 5.77. The van der Waals surface area contributed by atoms with Crippen LogP contribution >= 0.6 is 0 Å². The maximum Gasteiger partial charge on any atom is 0.0586 e. The zero-order valence-corrected chi connectivity index (χ0v) is 12.7. The van der Waals surface area contributed by atoms with E-state index in [0.29, 0.717) is 17.7 Å². The van der Waals surface area contributed by atoms with Crippen LogP contribution in [0.4, 0.5) is 0 Å². The van der Waals surface area contributed by atoms with Crippen molar-refractivity contribution in [2.75, 3.05) is 20.2 Å². The van der Waals surface area contributed by atoms with Crippen LogP contribution in [0.1, 0.15) is 58.3 Å². The largest absolute Gasteiger partial charge is 0.381 e. The molecule has 0 bridgehead atoms. The highest BCUT2D eigenvalue weighted by molar-refractivity contribution is 5.04. The normalized spacial score (nSPS) is 39.8. The van der Waals surface area contributed by atoms with Crippen LogP contribution in [0.25, 0.3) is 0 Å². The van der Waals surface area contributed by atoms with Gasteiger partial charge in [-0.2, -0.15) is 0 Å². The molecule has 1 saturated heterocycles. The molecule has 3 nitrogen and oxygen atoms in total. The van der Waals surface area contributed by atoms with E-state index in [1.807, 2.05) is 7.11 Å². The van der Waals surface area contributed by atoms with Gasteiger partial charge in [0.2, 0.25) is 0 Å². The molecule has 1 aliphatic heterocycles. The zero-order valence-electron chi connectivity index (χ0n) is 12.7. The second-order valence-corrected chi connectivity index (χ2v) is 7.04. The van der Waals surface area contributed by atoms with E-state index in [-0.39, 0.29) is 0 Å². The highest BCUT2D eigenvalue weighted by Gasteiger charge is 2.46. The maximum atomic E-state index is 5.65. The van der Waals surface area contributed by atoms with Gasteiger partial charge in [0, 0.05) is 37.8 Å². The minimum atomic E-state index is 0.479. The van der Waals surface area contributed by atoms with Gasteiger partial charge in [0.15, 0.2) is 0 Å². The number of hydrogen-bond donors (Lipinski definition) is 1. The predicted octanol–water partition coefficient (Wildman–Crippen LogP) is 2.55. The van der Waals surface area contributed by atoms with Crippen molar-refractivity contribution in [3.8, 4) is 0 Å². The first-order valence-corrected chi connectivity index (χ1v) is 8.26. The molecular weight excluding hydrogens is 236 g/mol. The summed E-state index contributed by atoms with van der Waals surface area (Å²) in [5, 5.41) is 3.74. The van der Waals surface area contributed by atoms with Gasteiger partial charge in [0.25, 0.3) is 0 Å². The van der Waals surface area contributed by atoms with Crippen molar-refractivity contribution in [2.45, 2.75) is 82.0 Å². The minimum Gasteiger partial charge on any atom is -0.381 e. The number of piperazine rings is 1. The molecular formula is C16H30N2O. The van der Waals surface area contributed by atoms with Gasteiger partial charge in [-0.1, -0.05) is 12.8 Å². The molecule has 2 aliphatic carbocycles. The number of methoxy groups -OCH3 is 1. The summed E-state index contributed by atoms with van der Waals surface area (Å²) in [6, 6.07) is 1.41. The van der Waals surface area contributed by atoms with Crippen LogP contribution < -0.4 is 5.32 Å². The number of hydrogen-bond acceptors (Lipinski definition) is 3. The van der Waals surface area contributed by atoms with Crippen LogP contribution in [0.5, 0.6) is 0 Å². The average molecular weight is 266 g/mol. The van der Waals surface area contributed by atoms with Crippen molar-refractivity contribution >= 4 is 0 Å². The van der Waals surface area contributed by atoms with Crippen molar-refractivity contribution in [1.82, 2.24) is 10.2 Å². The molecule has 3 heteroatoms. The van der Waals surface area contributed by atoms with Gasteiger partial charge in [-0.15, -0.1) is 0 Å². The second kappa shape index (κ2) is 5.71. The Morgan fingerprint density at radius 1 is 1.16 bits per heavy atom. The van der Waals surface area contributed by atoms with E-state index in [1.54, 1.807) is 0 Å². The second-order valence-electron chi connectivity index (χ2n) is 7.04. The third kappa shape index (κ3) is 2.70. The summed E-state index contributed by atoms with van der Waals surface area (Å²) in [7, 11) is 1.89. The summed E-state index contributed by atoms with van der Waals surface area (Å²) < 4.78 is 5.65. The minimum absolute atomic E-state index is 0.479. The Kier molecular flexibility index (Phi) is 4.16. The van der Waals surface area contributed by atoms with Crippen molar-refractivity contribution in [1.29, 1.82) is 0 Å². The molecule has 3 fully saturated rings. The van der Waals surface area contributed by atoms with Gasteiger partial charge in [-0.05, 0) is 45.4 Å². The van der Waals surface area contributed by atoms with Crippen LogP contribution in [0.3, 0.4) is 0 Å². The number of ether oxygens (including phenoxy) is 1. The third-order valence-electron chi connectivity index (χ3n) is 5.77. The number of rotatable bonds is 2. The molecule has 3 rings (SSSR count). The van der Waals surface area contributed by atoms with E-state index in [4.69, 9.17) is 4.74 Å². The zero-order chi connectivity index (χ0) is 13.3. The van der Waals surface area contributed by atoms with Crippen molar-refractivity contribution in [3.63, 3.8) is 0 Å². The lowest BCUT2D eigenvalue weighted by Crippen LogP contribution is -2.66. The van der Waals surface area contributed by atoms with Gasteiger partial charge >= 0.3 is 0 Å². The summed E-state index contributed by atoms with van der Waals surface area (Å²) in [5.41, 5.74) is 0.479. The van der Waals surface area contributed by atoms with Crippen molar-refractivity contribution in [2.24, 2.45) is 0 Å². The van der Waals surface area contributed by atoms with Crippen LogP contribution in [0.2, 0.25) is 0 Å². The Morgan fingerprint density at radius 3 is 2.68 bits per heavy atom. The fraction of sp³-hybridized carbons (Fsp3) is 1.00. The van der Waals surface area contributed by atoms with Crippen molar-refractivity contribution < 1.29 is 4.74 Å². The molecule has 0 aromatic heterocycles. The van der Waals surface area contributed by atoms with E-state index in [0.717, 1.165) is 6.04 Å². The van der Waals surface area contributed by atoms with Gasteiger partial charge in [-0.25, -0.2) is 0 Å². The smallest absolute Gasteiger partial charge is 0.0586 e. The Morgan fingerprint density at radius 2 is 1.95 bits per heavy atom. The maximum absolute atomic E-state index is 5.65. The van der Waals surface area contributed by atoms with Crippen LogP contribution in [-0.2, 0) is 4.74 Å². The topological polar surface area (TPSA) is 24.5 Å². The predicted molar refractivity (Wildman–Crippen MR) is 78.4 cm³/mol. The molecule has 1 spiro atoms. The highest BCUT2D eigenvalue weighted by Crippen LogP contribution is 2.40. The monoisotopic (exact) mass is 266 g/mol. The molecule has 0 amide bonds. The van der Waals surface area contributed by atoms with Gasteiger partial charge in [0.1, 0.15) is 0 Å².